The van der Waals surface area contributed by atoms with Crippen molar-refractivity contribution in [2.75, 3.05) is 36.3 Å². The monoisotopic (exact) mass is 750 g/mol. The van der Waals surface area contributed by atoms with Gasteiger partial charge in [0.05, 0.1) is 9.16 Å². The van der Waals surface area contributed by atoms with Gasteiger partial charge in [0.2, 0.25) is 0 Å². The van der Waals surface area contributed by atoms with Crippen LogP contribution >= 0.6 is 196 Å². The number of thioether (sulfide) groups is 7. The summed E-state index contributed by atoms with van der Waals surface area (Å²) in [4.78, 5) is 0. The summed E-state index contributed by atoms with van der Waals surface area (Å²) < 4.78 is 0.898. The summed E-state index contributed by atoms with van der Waals surface area (Å²) >= 11 is 56.3. The summed E-state index contributed by atoms with van der Waals surface area (Å²) in [5.41, 5.74) is 0. The molecule has 1 aliphatic heterocycles. The highest BCUT2D eigenvalue weighted by Gasteiger charge is 2.43. The Morgan fingerprint density at radius 3 is 1.79 bits per heavy atom. The molecule has 1 rings (SSSR count). The maximum atomic E-state index is 5.34. The molecule has 0 aliphatic carbocycles. The molecule has 1 fully saturated rings. The quantitative estimate of drug-likeness (QED) is 0.0478. The molecule has 1 heterocycles. The zero-order chi connectivity index (χ0) is 24.8. The van der Waals surface area contributed by atoms with Gasteiger partial charge in [0.25, 0.3) is 0 Å². The van der Waals surface area contributed by atoms with Crippen LogP contribution in [0.3, 0.4) is 0 Å². The minimum absolute atomic E-state index is 0.122. The maximum absolute atomic E-state index is 5.34. The maximum Gasteiger partial charge on any atom is 0.0638 e. The predicted molar refractivity (Wildman–Crippen MR) is 206 cm³/mol. The Balaban J connectivity index is 3.24. The summed E-state index contributed by atoms with van der Waals surface area (Å²) in [6.45, 7) is 0. The Kier molecular flexibility index (Phi) is 24.7. The molecule has 33 heavy (non-hydrogen) atoms. The second-order valence-electron chi connectivity index (χ2n) is 6.76. The van der Waals surface area contributed by atoms with Crippen LogP contribution in [-0.4, -0.2) is 76.9 Å². The van der Waals surface area contributed by atoms with E-state index in [0.29, 0.717) is 20.2 Å². The summed E-state index contributed by atoms with van der Waals surface area (Å²) in [7, 11) is 0. The van der Waals surface area contributed by atoms with Crippen LogP contribution in [0.2, 0.25) is 0 Å². The van der Waals surface area contributed by atoms with Crippen molar-refractivity contribution in [1.82, 2.24) is 0 Å². The first-order valence-corrected chi connectivity index (χ1v) is 22.6. The molecule has 198 valence electrons. The molecule has 0 bridgehead atoms. The fourth-order valence-corrected chi connectivity index (χ4v) is 19.4. The molecule has 0 spiro atoms. The van der Waals surface area contributed by atoms with E-state index in [0.717, 1.165) is 36.9 Å². The van der Waals surface area contributed by atoms with Gasteiger partial charge in [-0.05, 0) is 6.42 Å². The molecule has 16 heteroatoms. The SMILES string of the molecule is SCSC1SCSC1CC(S)C(C(SCS)SCS)C(S)C(SCS)C(SCS)C(S)CS. The zero-order valence-corrected chi connectivity index (χ0v) is 31.5. The van der Waals surface area contributed by atoms with Gasteiger partial charge in [-0.25, -0.2) is 0 Å². The highest BCUT2D eigenvalue weighted by molar-refractivity contribution is 8.29. The van der Waals surface area contributed by atoms with Crippen LogP contribution in [0.15, 0.2) is 0 Å². The van der Waals surface area contributed by atoms with Crippen molar-refractivity contribution in [3.63, 3.8) is 0 Å². The fraction of sp³-hybridized carbons (Fsp3) is 1.00. The lowest BCUT2D eigenvalue weighted by molar-refractivity contribution is 0.486. The van der Waals surface area contributed by atoms with Crippen LogP contribution in [0.4, 0.5) is 0 Å². The van der Waals surface area contributed by atoms with E-state index >= 15 is 0 Å². The standard InChI is InChI=1S/C17H34S16/c18-2-10(25)14(27-3-19)15(28-4-20)13(26)12(17(30-6-22)31-7-23)9(24)1-11-16(29-5-21)33-8-32-11/h9-26H,1-8H2. The second-order valence-corrected chi connectivity index (χ2v) is 21.8. The summed E-state index contributed by atoms with van der Waals surface area (Å²) in [6.07, 6.45) is 1.06. The molecule has 8 unspecified atom stereocenters. The van der Waals surface area contributed by atoms with Gasteiger partial charge in [-0.2, -0.15) is 114 Å². The molecule has 0 nitrogen and oxygen atoms in total. The molecular weight excluding hydrogens is 717 g/mol. The normalized spacial score (nSPS) is 24.5. The van der Waals surface area contributed by atoms with Crippen LogP contribution in [0.1, 0.15) is 6.42 Å². The van der Waals surface area contributed by atoms with Crippen molar-refractivity contribution in [3.8, 4) is 0 Å². The average molecular weight is 752 g/mol. The summed E-state index contributed by atoms with van der Waals surface area (Å²) in [6, 6.07) is 0. The lowest BCUT2D eigenvalue weighted by atomic mass is 9.94. The molecule has 0 aromatic rings. The molecule has 0 radical (unpaired) electrons. The Morgan fingerprint density at radius 1 is 0.697 bits per heavy atom. The van der Waals surface area contributed by atoms with Gasteiger partial charge in [0.15, 0.2) is 0 Å². The molecule has 1 aliphatic rings. The number of thiol groups is 9. The molecule has 8 atom stereocenters. The van der Waals surface area contributed by atoms with Crippen LogP contribution in [0.25, 0.3) is 0 Å². The molecular formula is C17H34S16. The van der Waals surface area contributed by atoms with E-state index in [-0.39, 0.29) is 32.2 Å². The Morgan fingerprint density at radius 2 is 1.27 bits per heavy atom. The molecule has 0 aromatic heterocycles. The number of rotatable bonds is 19. The molecule has 0 amide bonds. The van der Waals surface area contributed by atoms with Crippen LogP contribution in [0.5, 0.6) is 0 Å². The van der Waals surface area contributed by atoms with Gasteiger partial charge in [-0.3, -0.25) is 0 Å². The first-order chi connectivity index (χ1) is 15.9. The molecule has 1 saturated heterocycles. The average Bonchev–Trinajstić information content (AvgIpc) is 3.22. The summed E-state index contributed by atoms with van der Waals surface area (Å²) in [5, 5.41) is 6.62. The van der Waals surface area contributed by atoms with E-state index in [1.54, 1.807) is 0 Å². The lowest BCUT2D eigenvalue weighted by Gasteiger charge is -2.42. The van der Waals surface area contributed by atoms with Gasteiger partial charge >= 0.3 is 0 Å². The van der Waals surface area contributed by atoms with Crippen molar-refractivity contribution in [1.29, 1.82) is 0 Å². The fourth-order valence-electron chi connectivity index (χ4n) is 3.48. The minimum atomic E-state index is 0.122. The Hall–Kier alpha value is 5.60. The smallest absolute Gasteiger partial charge is 0.0638 e. The van der Waals surface area contributed by atoms with Crippen molar-refractivity contribution < 1.29 is 0 Å². The van der Waals surface area contributed by atoms with Crippen molar-refractivity contribution in [2.45, 2.75) is 47.1 Å². The van der Waals surface area contributed by atoms with Crippen molar-refractivity contribution in [3.05, 3.63) is 0 Å². The van der Waals surface area contributed by atoms with E-state index in [9.17, 15) is 0 Å². The van der Waals surface area contributed by atoms with E-state index in [4.69, 9.17) is 37.9 Å². The van der Waals surface area contributed by atoms with Gasteiger partial charge < -0.3 is 0 Å². The third kappa shape index (κ3) is 13.0. The minimum Gasteiger partial charge on any atom is -0.178 e. The first kappa shape index (κ1) is 36.6. The highest BCUT2D eigenvalue weighted by atomic mass is 32.3. The molecule has 0 aromatic carbocycles. The number of hydrogen-bond acceptors (Lipinski definition) is 16. The topological polar surface area (TPSA) is 0 Å². The van der Waals surface area contributed by atoms with E-state index in [2.05, 4.69) is 87.5 Å². The van der Waals surface area contributed by atoms with Crippen LogP contribution in [-0.2, 0) is 0 Å². The molecule has 0 saturated carbocycles. The van der Waals surface area contributed by atoms with Gasteiger partial charge in [0, 0.05) is 73.7 Å². The highest BCUT2D eigenvalue weighted by Crippen LogP contribution is 2.49. The van der Waals surface area contributed by atoms with Gasteiger partial charge in [-0.1, -0.05) is 0 Å². The lowest BCUT2D eigenvalue weighted by Crippen LogP contribution is -2.46. The third-order valence-corrected chi connectivity index (χ3v) is 19.4. The Bertz CT molecular complexity index is 480. The van der Waals surface area contributed by atoms with E-state index < -0.39 is 0 Å². The van der Waals surface area contributed by atoms with Crippen LogP contribution < -0.4 is 0 Å². The first-order valence-electron chi connectivity index (χ1n) is 9.90. The third-order valence-electron chi connectivity index (χ3n) is 4.92. The van der Waals surface area contributed by atoms with Crippen molar-refractivity contribution in [2.24, 2.45) is 5.92 Å². The predicted octanol–water partition coefficient (Wildman–Crippen LogP) is 8.12. The largest absolute Gasteiger partial charge is 0.178 e. The van der Waals surface area contributed by atoms with Crippen molar-refractivity contribution >= 4 is 196 Å². The number of hydrogen-bond donors (Lipinski definition) is 9. The zero-order valence-electron chi connectivity index (χ0n) is 17.7. The molecule has 0 N–H and O–H groups in total. The van der Waals surface area contributed by atoms with E-state index in [1.165, 1.54) is 0 Å². The second kappa shape index (κ2) is 22.2. The van der Waals surface area contributed by atoms with Gasteiger partial charge in [0.1, 0.15) is 0 Å². The van der Waals surface area contributed by atoms with E-state index in [1.807, 2.05) is 70.6 Å². The summed E-state index contributed by atoms with van der Waals surface area (Å²) in [5.74, 6) is 0.992. The van der Waals surface area contributed by atoms with Gasteiger partial charge in [-0.15, -0.1) is 82.3 Å². The Labute approximate surface area is 281 Å². The van der Waals surface area contributed by atoms with Crippen LogP contribution in [0, 0.1) is 5.92 Å².